The summed E-state index contributed by atoms with van der Waals surface area (Å²) in [6.07, 6.45) is 5.43. The molecule has 0 unspecified atom stereocenters. The number of nitrogens with one attached hydrogen (secondary N) is 1. The SMILES string of the molecule is C[C@@H]1CN([C@H](C)C(=O)NCc2ccco2)CCN1Cc1nccn1C. The van der Waals surface area contributed by atoms with E-state index in [1.807, 2.05) is 38.5 Å². The minimum Gasteiger partial charge on any atom is -0.467 e. The van der Waals surface area contributed by atoms with Crippen molar-refractivity contribution >= 4 is 5.91 Å². The number of furan rings is 1. The molecule has 25 heavy (non-hydrogen) atoms. The number of piperazine rings is 1. The summed E-state index contributed by atoms with van der Waals surface area (Å²) in [7, 11) is 2.02. The zero-order valence-electron chi connectivity index (χ0n) is 15.2. The first-order chi connectivity index (χ1) is 12.0. The van der Waals surface area contributed by atoms with Crippen LogP contribution in [0, 0.1) is 0 Å². The maximum absolute atomic E-state index is 12.4. The lowest BCUT2D eigenvalue weighted by molar-refractivity contribution is -0.127. The van der Waals surface area contributed by atoms with Crippen LogP contribution < -0.4 is 5.32 Å². The van der Waals surface area contributed by atoms with Gasteiger partial charge in [0.25, 0.3) is 0 Å². The van der Waals surface area contributed by atoms with Crippen molar-refractivity contribution in [3.8, 4) is 0 Å². The van der Waals surface area contributed by atoms with Crippen molar-refractivity contribution in [3.63, 3.8) is 0 Å². The maximum atomic E-state index is 12.4. The molecule has 1 aliphatic heterocycles. The number of imidazole rings is 1. The molecule has 0 spiro atoms. The Hall–Kier alpha value is -2.12. The molecule has 1 saturated heterocycles. The smallest absolute Gasteiger partial charge is 0.237 e. The third-order valence-corrected chi connectivity index (χ3v) is 5.01. The molecular formula is C18H27N5O2. The van der Waals surface area contributed by atoms with Gasteiger partial charge in [-0.3, -0.25) is 14.6 Å². The molecule has 0 aromatic carbocycles. The van der Waals surface area contributed by atoms with Crippen LogP contribution in [0.2, 0.25) is 0 Å². The number of carbonyl (C=O) groups excluding carboxylic acids is 1. The summed E-state index contributed by atoms with van der Waals surface area (Å²) >= 11 is 0. The molecule has 1 fully saturated rings. The average Bonchev–Trinajstić information content (AvgIpc) is 3.26. The van der Waals surface area contributed by atoms with E-state index >= 15 is 0 Å². The van der Waals surface area contributed by atoms with Gasteiger partial charge < -0.3 is 14.3 Å². The zero-order chi connectivity index (χ0) is 17.8. The van der Waals surface area contributed by atoms with Crippen LogP contribution in [0.5, 0.6) is 0 Å². The van der Waals surface area contributed by atoms with Crippen LogP contribution >= 0.6 is 0 Å². The summed E-state index contributed by atoms with van der Waals surface area (Å²) < 4.78 is 7.32. The lowest BCUT2D eigenvalue weighted by Gasteiger charge is -2.41. The van der Waals surface area contributed by atoms with Crippen LogP contribution in [0.3, 0.4) is 0 Å². The van der Waals surface area contributed by atoms with Gasteiger partial charge in [-0.05, 0) is 26.0 Å². The van der Waals surface area contributed by atoms with Gasteiger partial charge >= 0.3 is 0 Å². The summed E-state index contributed by atoms with van der Waals surface area (Å²) in [6, 6.07) is 3.93. The summed E-state index contributed by atoms with van der Waals surface area (Å²) in [4.78, 5) is 21.5. The quantitative estimate of drug-likeness (QED) is 0.853. The van der Waals surface area contributed by atoms with E-state index < -0.39 is 0 Å². The van der Waals surface area contributed by atoms with Crippen LogP contribution in [0.15, 0.2) is 35.2 Å². The fourth-order valence-corrected chi connectivity index (χ4v) is 3.24. The van der Waals surface area contributed by atoms with Crippen molar-refractivity contribution < 1.29 is 9.21 Å². The highest BCUT2D eigenvalue weighted by molar-refractivity contribution is 5.81. The molecule has 0 bridgehead atoms. The van der Waals surface area contributed by atoms with Gasteiger partial charge in [0, 0.05) is 45.1 Å². The fraction of sp³-hybridized carbons (Fsp3) is 0.556. The Labute approximate surface area is 148 Å². The average molecular weight is 345 g/mol. The maximum Gasteiger partial charge on any atom is 0.237 e. The Morgan fingerprint density at radius 3 is 2.96 bits per heavy atom. The number of rotatable bonds is 6. The highest BCUT2D eigenvalue weighted by atomic mass is 16.3. The third-order valence-electron chi connectivity index (χ3n) is 5.01. The van der Waals surface area contributed by atoms with Crippen LogP contribution in [0.1, 0.15) is 25.4 Å². The molecule has 2 aromatic rings. The standard InChI is InChI=1S/C18H27N5O2/c1-14-12-23(9-8-22(14)13-17-19-6-7-21(17)3)15(2)18(24)20-11-16-5-4-10-25-16/h4-7,10,14-15H,8-9,11-13H2,1-3H3,(H,20,24)/t14-,15-/m1/s1. The molecule has 7 heteroatoms. The van der Waals surface area contributed by atoms with Gasteiger partial charge in [0.05, 0.1) is 25.4 Å². The molecule has 136 valence electrons. The topological polar surface area (TPSA) is 66.5 Å². The molecule has 3 heterocycles. The first-order valence-electron chi connectivity index (χ1n) is 8.79. The van der Waals surface area contributed by atoms with E-state index in [4.69, 9.17) is 4.42 Å². The highest BCUT2D eigenvalue weighted by Gasteiger charge is 2.30. The molecule has 0 aliphatic carbocycles. The Morgan fingerprint density at radius 2 is 2.32 bits per heavy atom. The summed E-state index contributed by atoms with van der Waals surface area (Å²) in [5.41, 5.74) is 0. The summed E-state index contributed by atoms with van der Waals surface area (Å²) in [5, 5.41) is 2.95. The van der Waals surface area contributed by atoms with Gasteiger partial charge in [0.1, 0.15) is 11.6 Å². The van der Waals surface area contributed by atoms with Crippen LogP contribution in [0.4, 0.5) is 0 Å². The van der Waals surface area contributed by atoms with Gasteiger partial charge in [-0.2, -0.15) is 0 Å². The predicted molar refractivity (Wildman–Crippen MR) is 94.7 cm³/mol. The molecular weight excluding hydrogens is 318 g/mol. The van der Waals surface area contributed by atoms with Crippen molar-refractivity contribution in [1.82, 2.24) is 24.7 Å². The second-order valence-electron chi connectivity index (χ2n) is 6.74. The minimum absolute atomic E-state index is 0.0427. The summed E-state index contributed by atoms with van der Waals surface area (Å²) in [6.45, 7) is 8.15. The van der Waals surface area contributed by atoms with E-state index in [1.165, 1.54) is 0 Å². The molecule has 2 atom stereocenters. The van der Waals surface area contributed by atoms with E-state index in [-0.39, 0.29) is 11.9 Å². The Bertz CT molecular complexity index is 681. The Morgan fingerprint density at radius 1 is 1.48 bits per heavy atom. The predicted octanol–water partition coefficient (Wildman–Crippen LogP) is 1.22. The molecule has 3 rings (SSSR count). The largest absolute Gasteiger partial charge is 0.467 e. The Kier molecular flexibility index (Phi) is 5.55. The van der Waals surface area contributed by atoms with Gasteiger partial charge in [-0.25, -0.2) is 4.98 Å². The Balaban J connectivity index is 1.49. The van der Waals surface area contributed by atoms with Crippen molar-refractivity contribution in [2.75, 3.05) is 19.6 Å². The monoisotopic (exact) mass is 345 g/mol. The molecule has 0 radical (unpaired) electrons. The van der Waals surface area contributed by atoms with Crippen LogP contribution in [0.25, 0.3) is 0 Å². The van der Waals surface area contributed by atoms with Crippen molar-refractivity contribution in [3.05, 3.63) is 42.4 Å². The number of aromatic nitrogens is 2. The first kappa shape index (κ1) is 17.7. The number of amides is 1. The molecule has 2 aromatic heterocycles. The highest BCUT2D eigenvalue weighted by Crippen LogP contribution is 2.15. The van der Waals surface area contributed by atoms with Gasteiger partial charge in [-0.1, -0.05) is 0 Å². The van der Waals surface area contributed by atoms with E-state index in [0.717, 1.165) is 37.8 Å². The normalized spacial score (nSPS) is 20.5. The third kappa shape index (κ3) is 4.29. The number of hydrogen-bond acceptors (Lipinski definition) is 5. The van der Waals surface area contributed by atoms with Gasteiger partial charge in [0.15, 0.2) is 0 Å². The second-order valence-corrected chi connectivity index (χ2v) is 6.74. The van der Waals surface area contributed by atoms with Crippen molar-refractivity contribution in [2.45, 2.75) is 39.0 Å². The molecule has 1 aliphatic rings. The van der Waals surface area contributed by atoms with Gasteiger partial charge in [0.2, 0.25) is 5.91 Å². The molecule has 7 nitrogen and oxygen atoms in total. The van der Waals surface area contributed by atoms with E-state index in [9.17, 15) is 4.79 Å². The van der Waals surface area contributed by atoms with Crippen molar-refractivity contribution in [2.24, 2.45) is 7.05 Å². The zero-order valence-corrected chi connectivity index (χ0v) is 15.2. The number of aryl methyl sites for hydroxylation is 1. The first-order valence-corrected chi connectivity index (χ1v) is 8.79. The van der Waals surface area contributed by atoms with Gasteiger partial charge in [-0.15, -0.1) is 0 Å². The van der Waals surface area contributed by atoms with E-state index in [1.54, 1.807) is 6.26 Å². The fourth-order valence-electron chi connectivity index (χ4n) is 3.24. The van der Waals surface area contributed by atoms with E-state index in [0.29, 0.717) is 12.6 Å². The summed E-state index contributed by atoms with van der Waals surface area (Å²) in [5.74, 6) is 1.89. The van der Waals surface area contributed by atoms with Crippen LogP contribution in [-0.4, -0.2) is 57.0 Å². The molecule has 1 amide bonds. The number of carbonyl (C=O) groups is 1. The molecule has 0 saturated carbocycles. The lowest BCUT2D eigenvalue weighted by Crippen LogP contribution is -2.57. The molecule has 1 N–H and O–H groups in total. The van der Waals surface area contributed by atoms with Crippen LogP contribution in [-0.2, 0) is 24.9 Å². The number of nitrogens with zero attached hydrogens (tertiary/aromatic N) is 4. The van der Waals surface area contributed by atoms with Crippen molar-refractivity contribution in [1.29, 1.82) is 0 Å². The number of hydrogen-bond donors (Lipinski definition) is 1. The second kappa shape index (κ2) is 7.84. The van der Waals surface area contributed by atoms with E-state index in [2.05, 4.69) is 31.6 Å². The lowest BCUT2D eigenvalue weighted by atomic mass is 10.1. The minimum atomic E-state index is -0.146.